The number of likely N-dealkylation sites (tertiary alicyclic amines) is 1. The van der Waals surface area contributed by atoms with E-state index in [0.29, 0.717) is 43.9 Å². The topological polar surface area (TPSA) is 94.6 Å². The Morgan fingerprint density at radius 1 is 1.21 bits per heavy atom. The van der Waals surface area contributed by atoms with Gasteiger partial charge in [-0.3, -0.25) is 4.90 Å². The van der Waals surface area contributed by atoms with Gasteiger partial charge in [0.15, 0.2) is 11.5 Å². The maximum Gasteiger partial charge on any atom is 0.336 e. The second-order valence-electron chi connectivity index (χ2n) is 10.4. The zero-order chi connectivity index (χ0) is 27.0. The number of likely N-dealkylation sites (N-methyl/N-ethyl adjacent to an activating group) is 1. The molecule has 2 aliphatic heterocycles. The van der Waals surface area contributed by atoms with Gasteiger partial charge in [-0.2, -0.15) is 10.2 Å². The normalized spacial score (nSPS) is 21.4. The van der Waals surface area contributed by atoms with E-state index in [4.69, 9.17) is 14.7 Å². The Kier molecular flexibility index (Phi) is 6.74. The zero-order valence-electron chi connectivity index (χ0n) is 21.7. The molecule has 2 aromatic carbocycles. The van der Waals surface area contributed by atoms with Crippen LogP contribution in [0.4, 0.5) is 14.6 Å². The number of nitrogens with zero attached hydrogens (tertiary/aromatic N) is 7. The van der Waals surface area contributed by atoms with Crippen molar-refractivity contribution in [2.75, 3.05) is 44.7 Å². The first-order chi connectivity index (χ1) is 18.9. The molecule has 39 heavy (non-hydrogen) atoms. The number of fused-ring (bicyclic) bond motifs is 2. The van der Waals surface area contributed by atoms with Crippen LogP contribution in [-0.4, -0.2) is 82.3 Å². The van der Waals surface area contributed by atoms with Gasteiger partial charge in [0.1, 0.15) is 6.61 Å². The summed E-state index contributed by atoms with van der Waals surface area (Å²) >= 11 is 0. The fourth-order valence-corrected chi connectivity index (χ4v) is 5.61. The van der Waals surface area contributed by atoms with E-state index in [9.17, 15) is 14.0 Å². The molecule has 0 amide bonds. The van der Waals surface area contributed by atoms with Crippen molar-refractivity contribution in [3.8, 4) is 12.1 Å². The van der Waals surface area contributed by atoms with Gasteiger partial charge in [0.05, 0.1) is 30.9 Å². The smallest absolute Gasteiger partial charge is 0.336 e. The molecule has 6 rings (SSSR count). The highest BCUT2D eigenvalue weighted by molar-refractivity contribution is 5.86. The Bertz CT molecular complexity index is 1530. The number of nitriles is 1. The molecule has 4 heterocycles. The standard InChI is InChI=1S/C28H30F2N8O/c1-36-18-28(29,30)14-23(36)17-39-27-34-26(37-12-11-32-21(16-37)9-10-31)25-33-15-22(38(25)35-27)13-20-7-4-6-19-5-2-3-8-24(19)20/h2-8,15,21,23,32H,9,11-14,16-18H2,1H3/t21-,23-/m0/s1. The molecule has 0 spiro atoms. The maximum absolute atomic E-state index is 13.9. The van der Waals surface area contributed by atoms with Crippen LogP contribution in [0.1, 0.15) is 24.1 Å². The van der Waals surface area contributed by atoms with Gasteiger partial charge < -0.3 is 15.0 Å². The molecule has 1 N–H and O–H groups in total. The second-order valence-corrected chi connectivity index (χ2v) is 10.4. The van der Waals surface area contributed by atoms with Crippen LogP contribution in [0.15, 0.2) is 48.7 Å². The number of nitrogens with one attached hydrogen (secondary N) is 1. The molecule has 4 aromatic rings. The Hall–Kier alpha value is -3.88. The van der Waals surface area contributed by atoms with E-state index in [1.54, 1.807) is 22.7 Å². The summed E-state index contributed by atoms with van der Waals surface area (Å²) in [7, 11) is 1.68. The average molecular weight is 533 g/mol. The number of hydrogen-bond acceptors (Lipinski definition) is 8. The summed E-state index contributed by atoms with van der Waals surface area (Å²) in [6.45, 7) is 1.73. The molecule has 0 radical (unpaired) electrons. The lowest BCUT2D eigenvalue weighted by Gasteiger charge is -2.33. The van der Waals surface area contributed by atoms with Crippen LogP contribution in [0.2, 0.25) is 0 Å². The Labute approximate surface area is 225 Å². The maximum atomic E-state index is 13.9. The van der Waals surface area contributed by atoms with Crippen LogP contribution in [-0.2, 0) is 6.42 Å². The number of imidazole rings is 1. The van der Waals surface area contributed by atoms with Gasteiger partial charge in [-0.05, 0) is 23.4 Å². The molecule has 0 unspecified atom stereocenters. The predicted octanol–water partition coefficient (Wildman–Crippen LogP) is 3.28. The Morgan fingerprint density at radius 3 is 2.87 bits per heavy atom. The summed E-state index contributed by atoms with van der Waals surface area (Å²) in [4.78, 5) is 13.1. The lowest BCUT2D eigenvalue weighted by molar-refractivity contribution is 0.0136. The zero-order valence-corrected chi connectivity index (χ0v) is 21.7. The molecule has 2 aliphatic rings. The minimum absolute atomic E-state index is 0.00243. The van der Waals surface area contributed by atoms with Crippen LogP contribution in [0.3, 0.4) is 0 Å². The molecule has 2 saturated heterocycles. The number of aromatic nitrogens is 4. The number of anilines is 1. The van der Waals surface area contributed by atoms with E-state index in [-0.39, 0.29) is 31.6 Å². The van der Waals surface area contributed by atoms with E-state index in [0.717, 1.165) is 22.0 Å². The quantitative estimate of drug-likeness (QED) is 0.388. The fourth-order valence-electron chi connectivity index (χ4n) is 5.61. The fraction of sp³-hybridized carbons (Fsp3) is 0.429. The lowest BCUT2D eigenvalue weighted by atomic mass is 10.0. The van der Waals surface area contributed by atoms with Gasteiger partial charge in [0.2, 0.25) is 0 Å². The van der Waals surface area contributed by atoms with Crippen molar-refractivity contribution < 1.29 is 13.5 Å². The van der Waals surface area contributed by atoms with Crippen LogP contribution in [0.5, 0.6) is 6.01 Å². The third kappa shape index (κ3) is 5.22. The van der Waals surface area contributed by atoms with E-state index in [1.165, 1.54) is 0 Å². The molecular weight excluding hydrogens is 502 g/mol. The van der Waals surface area contributed by atoms with Crippen LogP contribution < -0.4 is 15.0 Å². The molecule has 2 atom stereocenters. The summed E-state index contributed by atoms with van der Waals surface area (Å²) in [6, 6.07) is 16.4. The van der Waals surface area contributed by atoms with Gasteiger partial charge in [-0.15, -0.1) is 5.10 Å². The third-order valence-corrected chi connectivity index (χ3v) is 7.58. The minimum Gasteiger partial charge on any atom is -0.461 e. The van der Waals surface area contributed by atoms with Gasteiger partial charge in [-0.1, -0.05) is 42.5 Å². The first-order valence-corrected chi connectivity index (χ1v) is 13.2. The van der Waals surface area contributed by atoms with E-state index >= 15 is 0 Å². The Morgan fingerprint density at radius 2 is 2.05 bits per heavy atom. The van der Waals surface area contributed by atoms with Crippen LogP contribution >= 0.6 is 0 Å². The van der Waals surface area contributed by atoms with Crippen molar-refractivity contribution in [2.45, 2.75) is 37.3 Å². The van der Waals surface area contributed by atoms with Crippen molar-refractivity contribution in [2.24, 2.45) is 0 Å². The number of rotatable bonds is 7. The summed E-state index contributed by atoms with van der Waals surface area (Å²) in [5.41, 5.74) is 2.60. The number of hydrogen-bond donors (Lipinski definition) is 1. The largest absolute Gasteiger partial charge is 0.461 e. The highest BCUT2D eigenvalue weighted by Crippen LogP contribution is 2.31. The van der Waals surface area contributed by atoms with E-state index < -0.39 is 12.0 Å². The highest BCUT2D eigenvalue weighted by atomic mass is 19.3. The molecule has 11 heteroatoms. The minimum atomic E-state index is -2.73. The number of halogens is 2. The summed E-state index contributed by atoms with van der Waals surface area (Å²) < 4.78 is 35.6. The van der Waals surface area contributed by atoms with Gasteiger partial charge in [-0.25, -0.2) is 18.3 Å². The van der Waals surface area contributed by atoms with E-state index in [1.807, 2.05) is 18.2 Å². The first-order valence-electron chi connectivity index (χ1n) is 13.2. The molecule has 9 nitrogen and oxygen atoms in total. The SMILES string of the molecule is CN1CC(F)(F)C[C@H]1COc1nc(N2CCN[C@@H](CC#N)C2)c2ncc(Cc3cccc4ccccc34)n2n1. The van der Waals surface area contributed by atoms with Crippen LogP contribution in [0.25, 0.3) is 16.4 Å². The number of piperazine rings is 1. The predicted molar refractivity (Wildman–Crippen MR) is 143 cm³/mol. The Balaban J connectivity index is 1.36. The van der Waals surface area contributed by atoms with Crippen molar-refractivity contribution in [1.82, 2.24) is 29.8 Å². The van der Waals surface area contributed by atoms with Gasteiger partial charge in [0.25, 0.3) is 5.92 Å². The highest BCUT2D eigenvalue weighted by Gasteiger charge is 2.43. The molecule has 202 valence electrons. The monoisotopic (exact) mass is 532 g/mol. The summed E-state index contributed by atoms with van der Waals surface area (Å²) in [6.07, 6.45) is 2.52. The number of benzene rings is 2. The third-order valence-electron chi connectivity index (χ3n) is 7.58. The van der Waals surface area contributed by atoms with Crippen molar-refractivity contribution in [1.29, 1.82) is 5.26 Å². The average Bonchev–Trinajstić information content (AvgIpc) is 3.45. The first kappa shape index (κ1) is 25.4. The molecule has 0 bridgehead atoms. The second kappa shape index (κ2) is 10.4. The molecular formula is C28H30F2N8O. The molecule has 2 aromatic heterocycles. The van der Waals surface area contributed by atoms with E-state index in [2.05, 4.69) is 45.7 Å². The molecule has 0 aliphatic carbocycles. The summed E-state index contributed by atoms with van der Waals surface area (Å²) in [5, 5.41) is 19.6. The van der Waals surface area contributed by atoms with Crippen molar-refractivity contribution >= 4 is 22.2 Å². The number of ether oxygens (including phenoxy) is 1. The number of alkyl halides is 2. The van der Waals surface area contributed by atoms with Crippen LogP contribution in [0, 0.1) is 11.3 Å². The lowest BCUT2D eigenvalue weighted by Crippen LogP contribution is -2.51. The molecule has 0 saturated carbocycles. The summed E-state index contributed by atoms with van der Waals surface area (Å²) in [5.74, 6) is -2.12. The van der Waals surface area contributed by atoms with Gasteiger partial charge in [0, 0.05) is 44.6 Å². The van der Waals surface area contributed by atoms with Crippen molar-refractivity contribution in [3.05, 3.63) is 59.9 Å². The van der Waals surface area contributed by atoms with Gasteiger partial charge >= 0.3 is 6.01 Å². The molecule has 2 fully saturated rings. The van der Waals surface area contributed by atoms with Crippen molar-refractivity contribution in [3.63, 3.8) is 0 Å².